The molecular formula is C9H8F2INO2. The summed E-state index contributed by atoms with van der Waals surface area (Å²) in [4.78, 5) is 11.2. The molecule has 0 saturated heterocycles. The molecule has 1 aromatic carbocycles. The Morgan fingerprint density at radius 1 is 1.53 bits per heavy atom. The van der Waals surface area contributed by atoms with Gasteiger partial charge in [0.1, 0.15) is 5.75 Å². The Balaban J connectivity index is 3.22. The fourth-order valence-corrected chi connectivity index (χ4v) is 1.98. The summed E-state index contributed by atoms with van der Waals surface area (Å²) in [5.41, 5.74) is 5.72. The number of ketones is 1. The van der Waals surface area contributed by atoms with Crippen LogP contribution in [0, 0.1) is 3.57 Å². The van der Waals surface area contributed by atoms with Crippen molar-refractivity contribution >= 4 is 34.1 Å². The normalized spacial score (nSPS) is 10.5. The van der Waals surface area contributed by atoms with Crippen LogP contribution < -0.4 is 10.5 Å². The number of ether oxygens (including phenoxy) is 1. The van der Waals surface area contributed by atoms with Crippen LogP contribution in [-0.4, -0.2) is 12.4 Å². The molecule has 1 aromatic rings. The summed E-state index contributed by atoms with van der Waals surface area (Å²) in [5, 5.41) is 0. The number of alkyl halides is 2. The van der Waals surface area contributed by atoms with Gasteiger partial charge in [-0.1, -0.05) is 0 Å². The maximum atomic E-state index is 12.0. The van der Waals surface area contributed by atoms with E-state index < -0.39 is 6.61 Å². The van der Waals surface area contributed by atoms with E-state index in [9.17, 15) is 13.6 Å². The first-order valence-corrected chi connectivity index (χ1v) is 5.05. The average molecular weight is 327 g/mol. The van der Waals surface area contributed by atoms with E-state index in [1.54, 1.807) is 0 Å². The maximum Gasteiger partial charge on any atom is 0.387 e. The Bertz CT molecular complexity index is 396. The minimum Gasteiger partial charge on any atom is -0.433 e. The smallest absolute Gasteiger partial charge is 0.387 e. The van der Waals surface area contributed by atoms with Gasteiger partial charge in [0.15, 0.2) is 5.78 Å². The van der Waals surface area contributed by atoms with E-state index in [1.807, 2.05) is 22.6 Å². The first kappa shape index (κ1) is 12.2. The van der Waals surface area contributed by atoms with Crippen molar-refractivity contribution in [1.82, 2.24) is 0 Å². The molecule has 6 heteroatoms. The number of carbonyl (C=O) groups is 1. The summed E-state index contributed by atoms with van der Waals surface area (Å²) in [5.74, 6) is -0.452. The molecule has 82 valence electrons. The number of anilines is 1. The highest BCUT2D eigenvalue weighted by atomic mass is 127. The van der Waals surface area contributed by atoms with Gasteiger partial charge in [0, 0.05) is 3.57 Å². The Morgan fingerprint density at radius 2 is 2.13 bits per heavy atom. The summed E-state index contributed by atoms with van der Waals surface area (Å²) < 4.78 is 28.7. The Morgan fingerprint density at radius 3 is 2.60 bits per heavy atom. The molecule has 3 nitrogen and oxygen atoms in total. The van der Waals surface area contributed by atoms with Crippen molar-refractivity contribution in [3.8, 4) is 5.75 Å². The largest absolute Gasteiger partial charge is 0.433 e. The van der Waals surface area contributed by atoms with Crippen LogP contribution in [0.25, 0.3) is 0 Å². The van der Waals surface area contributed by atoms with Crippen LogP contribution in [0.15, 0.2) is 12.1 Å². The molecule has 0 amide bonds. The molecule has 0 spiro atoms. The van der Waals surface area contributed by atoms with Gasteiger partial charge in [-0.2, -0.15) is 8.78 Å². The van der Waals surface area contributed by atoms with Crippen molar-refractivity contribution in [1.29, 1.82) is 0 Å². The number of Topliss-reactive ketones (excluding diaryl/α,β-unsaturated/α-hetero) is 1. The highest BCUT2D eigenvalue weighted by molar-refractivity contribution is 14.1. The Labute approximate surface area is 98.7 Å². The molecule has 2 N–H and O–H groups in total. The molecule has 0 bridgehead atoms. The summed E-state index contributed by atoms with van der Waals surface area (Å²) in [6.45, 7) is -1.63. The van der Waals surface area contributed by atoms with E-state index in [1.165, 1.54) is 19.1 Å². The molecule has 0 heterocycles. The summed E-state index contributed by atoms with van der Waals surface area (Å²) >= 11 is 1.91. The fourth-order valence-electron chi connectivity index (χ4n) is 1.13. The molecule has 15 heavy (non-hydrogen) atoms. The maximum absolute atomic E-state index is 12.0. The van der Waals surface area contributed by atoms with E-state index in [4.69, 9.17) is 5.73 Å². The van der Waals surface area contributed by atoms with E-state index in [0.717, 1.165) is 0 Å². The van der Waals surface area contributed by atoms with Gasteiger partial charge < -0.3 is 10.5 Å². The lowest BCUT2D eigenvalue weighted by molar-refractivity contribution is -0.0493. The molecular weight excluding hydrogens is 319 g/mol. The van der Waals surface area contributed by atoms with Crippen molar-refractivity contribution < 1.29 is 18.3 Å². The summed E-state index contributed by atoms with van der Waals surface area (Å²) in [6, 6.07) is 2.82. The molecule has 0 radical (unpaired) electrons. The fraction of sp³-hybridized carbons (Fsp3) is 0.222. The topological polar surface area (TPSA) is 52.3 Å². The highest BCUT2D eigenvalue weighted by Gasteiger charge is 2.16. The van der Waals surface area contributed by atoms with Gasteiger partial charge in [-0.05, 0) is 41.6 Å². The molecule has 0 unspecified atom stereocenters. The number of hydrogen-bond acceptors (Lipinski definition) is 3. The second-order valence-corrected chi connectivity index (χ2v) is 3.93. The lowest BCUT2D eigenvalue weighted by Gasteiger charge is -2.11. The van der Waals surface area contributed by atoms with E-state index >= 15 is 0 Å². The molecule has 0 aromatic heterocycles. The van der Waals surface area contributed by atoms with E-state index in [-0.39, 0.29) is 22.8 Å². The second kappa shape index (κ2) is 4.73. The zero-order chi connectivity index (χ0) is 11.6. The van der Waals surface area contributed by atoms with Crippen LogP contribution in [0.3, 0.4) is 0 Å². The van der Waals surface area contributed by atoms with Crippen LogP contribution in [0.2, 0.25) is 0 Å². The van der Waals surface area contributed by atoms with Gasteiger partial charge in [-0.3, -0.25) is 4.79 Å². The first-order valence-electron chi connectivity index (χ1n) is 3.97. The minimum atomic E-state index is -2.95. The van der Waals surface area contributed by atoms with Gasteiger partial charge >= 0.3 is 6.61 Å². The second-order valence-electron chi connectivity index (χ2n) is 2.77. The minimum absolute atomic E-state index is 0.0466. The number of hydrogen-bond donors (Lipinski definition) is 1. The van der Waals surface area contributed by atoms with Crippen molar-refractivity contribution in [2.45, 2.75) is 13.5 Å². The average Bonchev–Trinajstić information content (AvgIpc) is 2.09. The lowest BCUT2D eigenvalue weighted by Crippen LogP contribution is -2.09. The number of halogens is 3. The van der Waals surface area contributed by atoms with Crippen LogP contribution in [0.4, 0.5) is 14.5 Å². The van der Waals surface area contributed by atoms with Crippen molar-refractivity contribution in [2.24, 2.45) is 0 Å². The third-order valence-electron chi connectivity index (χ3n) is 1.72. The number of nitrogen functional groups attached to an aromatic ring is 1. The highest BCUT2D eigenvalue weighted by Crippen LogP contribution is 2.30. The van der Waals surface area contributed by atoms with Crippen LogP contribution >= 0.6 is 22.6 Å². The van der Waals surface area contributed by atoms with Gasteiger partial charge in [0.25, 0.3) is 0 Å². The van der Waals surface area contributed by atoms with E-state index in [0.29, 0.717) is 3.57 Å². The third kappa shape index (κ3) is 2.77. The standard InChI is InChI=1S/C9H8F2INO2/c1-4(14)7-5(12)2-3-6(8(7)13)15-9(10)11/h2-3,9H,13H2,1H3. The summed E-state index contributed by atoms with van der Waals surface area (Å²) in [6.07, 6.45) is 0. The molecule has 0 aliphatic rings. The van der Waals surface area contributed by atoms with Crippen LogP contribution in [0.1, 0.15) is 17.3 Å². The van der Waals surface area contributed by atoms with Gasteiger partial charge in [0.2, 0.25) is 0 Å². The van der Waals surface area contributed by atoms with Crippen LogP contribution in [0.5, 0.6) is 5.75 Å². The number of nitrogens with two attached hydrogens (primary N) is 1. The Hall–Kier alpha value is -0.920. The van der Waals surface area contributed by atoms with Crippen LogP contribution in [-0.2, 0) is 0 Å². The quantitative estimate of drug-likeness (QED) is 0.528. The van der Waals surface area contributed by atoms with Crippen molar-refractivity contribution in [3.05, 3.63) is 21.3 Å². The van der Waals surface area contributed by atoms with E-state index in [2.05, 4.69) is 4.74 Å². The third-order valence-corrected chi connectivity index (χ3v) is 2.62. The SMILES string of the molecule is CC(=O)c1c(I)ccc(OC(F)F)c1N. The Kier molecular flexibility index (Phi) is 3.83. The van der Waals surface area contributed by atoms with Gasteiger partial charge in [-0.15, -0.1) is 0 Å². The molecule has 0 atom stereocenters. The molecule has 1 rings (SSSR count). The predicted octanol–water partition coefficient (Wildman–Crippen LogP) is 2.68. The monoisotopic (exact) mass is 327 g/mol. The molecule has 0 fully saturated rings. The number of carbonyl (C=O) groups excluding carboxylic acids is 1. The van der Waals surface area contributed by atoms with Crippen molar-refractivity contribution in [3.63, 3.8) is 0 Å². The molecule has 0 aliphatic carbocycles. The number of rotatable bonds is 3. The van der Waals surface area contributed by atoms with Gasteiger partial charge in [-0.25, -0.2) is 0 Å². The molecule has 0 aliphatic heterocycles. The molecule has 0 saturated carbocycles. The van der Waals surface area contributed by atoms with Crippen molar-refractivity contribution in [2.75, 3.05) is 5.73 Å². The first-order chi connectivity index (χ1) is 6.93. The zero-order valence-corrected chi connectivity index (χ0v) is 9.92. The lowest BCUT2D eigenvalue weighted by atomic mass is 10.1. The number of benzene rings is 1. The summed E-state index contributed by atoms with van der Waals surface area (Å²) in [7, 11) is 0. The zero-order valence-electron chi connectivity index (χ0n) is 7.76. The van der Waals surface area contributed by atoms with Gasteiger partial charge in [0.05, 0.1) is 11.3 Å². The predicted molar refractivity (Wildman–Crippen MR) is 60.2 cm³/mol.